The van der Waals surface area contributed by atoms with Crippen molar-refractivity contribution in [2.45, 2.75) is 0 Å². The summed E-state index contributed by atoms with van der Waals surface area (Å²) in [5, 5.41) is 7.85. The first-order valence-electron chi connectivity index (χ1n) is 23.5. The molecule has 2 aromatic heterocycles. The molecule has 0 fully saturated rings. The van der Waals surface area contributed by atoms with Crippen molar-refractivity contribution in [3.8, 4) is 61.8 Å². The van der Waals surface area contributed by atoms with Crippen LogP contribution in [0.15, 0.2) is 249 Å². The molecule has 0 amide bonds. The lowest BCUT2D eigenvalue weighted by atomic mass is 10.0. The fourth-order valence-electron chi connectivity index (χ4n) is 11.3. The first-order valence-corrected chi connectivity index (χ1v) is 25.5. The summed E-state index contributed by atoms with van der Waals surface area (Å²) in [5.41, 5.74) is 14.8. The Morgan fingerprint density at radius 3 is 1.51 bits per heavy atom. The van der Waals surface area contributed by atoms with Crippen molar-refractivity contribution in [2.24, 2.45) is 0 Å². The van der Waals surface area contributed by atoms with Gasteiger partial charge in [0.25, 0.3) is 0 Å². The van der Waals surface area contributed by atoms with Gasteiger partial charge in [-0.3, -0.25) is 4.90 Å². The van der Waals surface area contributed by atoms with Crippen LogP contribution < -0.4 is 25.6 Å². The minimum absolute atomic E-state index is 0.577. The zero-order chi connectivity index (χ0) is 45.5. The van der Waals surface area contributed by atoms with Crippen LogP contribution >= 0.6 is 0 Å². The van der Waals surface area contributed by atoms with Crippen LogP contribution in [0.25, 0.3) is 83.6 Å². The fraction of sp³-hybridized carbons (Fsp3) is 0. The Morgan fingerprint density at radius 1 is 0.304 bits per heavy atom. The number of fused-ring (bicyclic) bond motifs is 12. The van der Waals surface area contributed by atoms with Crippen molar-refractivity contribution in [3.05, 3.63) is 249 Å². The third-order valence-electron chi connectivity index (χ3n) is 14.2. The minimum Gasteiger partial charge on any atom is -0.309 e. The molecule has 12 aromatic rings. The van der Waals surface area contributed by atoms with Crippen LogP contribution in [0.2, 0.25) is 0 Å². The Balaban J connectivity index is 1.02. The van der Waals surface area contributed by atoms with Crippen LogP contribution in [-0.2, 0) is 0 Å². The van der Waals surface area contributed by atoms with E-state index in [4.69, 9.17) is 15.0 Å². The molecule has 0 saturated carbocycles. The topological polar surface area (TPSA) is 46.8 Å². The summed E-state index contributed by atoms with van der Waals surface area (Å²) in [6.07, 6.45) is 0. The summed E-state index contributed by atoms with van der Waals surface area (Å²) >= 11 is 0. The second-order valence-electron chi connectivity index (χ2n) is 17.9. The summed E-state index contributed by atoms with van der Waals surface area (Å²) in [4.78, 5) is 18.3. The van der Waals surface area contributed by atoms with Crippen LogP contribution in [-0.4, -0.2) is 27.6 Å². The predicted molar refractivity (Wildman–Crippen MR) is 287 cm³/mol. The lowest BCUT2D eigenvalue weighted by molar-refractivity contribution is 1.02. The highest BCUT2D eigenvalue weighted by atomic mass is 28.3. The highest BCUT2D eigenvalue weighted by molar-refractivity contribution is 7.23. The lowest BCUT2D eigenvalue weighted by Gasteiger charge is -2.43. The van der Waals surface area contributed by atoms with Gasteiger partial charge in [0.2, 0.25) is 5.95 Å². The van der Waals surface area contributed by atoms with Gasteiger partial charge < -0.3 is 4.57 Å². The summed E-state index contributed by atoms with van der Waals surface area (Å²) in [6, 6.07) is 90.2. The largest absolute Gasteiger partial charge is 0.309 e. The second-order valence-corrected chi connectivity index (χ2v) is 21.6. The standard InChI is InChI=1S/C63H41N5Si/c1-4-19-42(20-5-1)45-25-18-26-48(39-45)67-53-30-13-10-27-49(53)52-40-46(35-37-54(52)67)47-36-38-60-56(41-47)68(63-65-61(43-21-6-2-7-22-43)64-62(66-63)44-23-8-3-9-24-44)55-31-14-17-34-59(55)69(60)57-32-15-11-28-50(57)51-29-12-16-33-58(51)69/h1-41H. The molecule has 0 radical (unpaired) electrons. The first kappa shape index (κ1) is 39.2. The van der Waals surface area contributed by atoms with E-state index in [2.05, 4.69) is 222 Å². The van der Waals surface area contributed by atoms with Crippen molar-refractivity contribution in [3.63, 3.8) is 0 Å². The van der Waals surface area contributed by atoms with E-state index in [1.54, 1.807) is 0 Å². The van der Waals surface area contributed by atoms with Gasteiger partial charge in [-0.15, -0.1) is 0 Å². The third kappa shape index (κ3) is 5.99. The second kappa shape index (κ2) is 15.6. The molecule has 1 spiro atoms. The zero-order valence-corrected chi connectivity index (χ0v) is 38.4. The summed E-state index contributed by atoms with van der Waals surface area (Å²) in [7, 11) is -2.92. The minimum atomic E-state index is -2.92. The number of para-hydroxylation sites is 2. The van der Waals surface area contributed by atoms with Gasteiger partial charge in [-0.2, -0.15) is 9.97 Å². The average molecular weight is 896 g/mol. The maximum atomic E-state index is 5.41. The number of benzene rings is 10. The molecule has 0 N–H and O–H groups in total. The van der Waals surface area contributed by atoms with E-state index in [-0.39, 0.29) is 0 Å². The molecule has 322 valence electrons. The normalized spacial score (nSPS) is 13.0. The molecule has 14 rings (SSSR count). The van der Waals surface area contributed by atoms with Gasteiger partial charge >= 0.3 is 0 Å². The molecule has 0 atom stereocenters. The molecule has 6 heteroatoms. The molecule has 5 nitrogen and oxygen atoms in total. The average Bonchev–Trinajstić information content (AvgIpc) is 3.92. The molecule has 10 aromatic carbocycles. The van der Waals surface area contributed by atoms with E-state index in [9.17, 15) is 0 Å². The van der Waals surface area contributed by atoms with Gasteiger partial charge in [0.05, 0.1) is 16.7 Å². The van der Waals surface area contributed by atoms with Crippen LogP contribution in [0.5, 0.6) is 0 Å². The number of rotatable bonds is 6. The third-order valence-corrected chi connectivity index (χ3v) is 19.2. The van der Waals surface area contributed by atoms with Crippen molar-refractivity contribution >= 4 is 67.9 Å². The number of hydrogen-bond acceptors (Lipinski definition) is 4. The van der Waals surface area contributed by atoms with Crippen molar-refractivity contribution in [2.75, 3.05) is 4.90 Å². The van der Waals surface area contributed by atoms with E-state index in [1.807, 2.05) is 36.4 Å². The fourth-order valence-corrected chi connectivity index (χ4v) is 16.8. The maximum Gasteiger partial charge on any atom is 0.238 e. The molecule has 4 heterocycles. The Kier molecular flexibility index (Phi) is 8.84. The number of anilines is 3. The van der Waals surface area contributed by atoms with Crippen molar-refractivity contribution in [1.82, 2.24) is 19.5 Å². The van der Waals surface area contributed by atoms with E-state index in [0.29, 0.717) is 17.6 Å². The quantitative estimate of drug-likeness (QED) is 0.156. The SMILES string of the molecule is c1ccc(-c2cccc(-n3c4ccccc4c4cc(-c5ccc6c(c5)N(c5nc(-c7ccccc7)nc(-c7ccccc7)n5)c5ccccc5[Si]65c6ccccc6-c6ccccc65)ccc43)c2)cc1. The first-order chi connectivity index (χ1) is 34.2. The molecule has 2 aliphatic rings. The summed E-state index contributed by atoms with van der Waals surface area (Å²) in [5.74, 6) is 1.83. The summed E-state index contributed by atoms with van der Waals surface area (Å²) in [6.45, 7) is 0. The Hall–Kier alpha value is -8.97. The molecule has 0 bridgehead atoms. The van der Waals surface area contributed by atoms with Crippen LogP contribution in [0.4, 0.5) is 17.3 Å². The molecule has 0 saturated heterocycles. The summed E-state index contributed by atoms with van der Waals surface area (Å²) < 4.78 is 2.41. The molecule has 0 aliphatic carbocycles. The highest BCUT2D eigenvalue weighted by Gasteiger charge is 2.54. The van der Waals surface area contributed by atoms with Crippen molar-refractivity contribution in [1.29, 1.82) is 0 Å². The van der Waals surface area contributed by atoms with Crippen LogP contribution in [0.3, 0.4) is 0 Å². The molecular formula is C63H41N5Si. The van der Waals surface area contributed by atoms with Gasteiger partial charge in [0.1, 0.15) is 0 Å². The molecule has 2 aliphatic heterocycles. The monoisotopic (exact) mass is 895 g/mol. The van der Waals surface area contributed by atoms with Gasteiger partial charge in [0, 0.05) is 33.3 Å². The van der Waals surface area contributed by atoms with E-state index in [0.717, 1.165) is 44.8 Å². The zero-order valence-electron chi connectivity index (χ0n) is 37.4. The van der Waals surface area contributed by atoms with Crippen molar-refractivity contribution < 1.29 is 0 Å². The molecule has 69 heavy (non-hydrogen) atoms. The molecular weight excluding hydrogens is 855 g/mol. The smallest absolute Gasteiger partial charge is 0.238 e. The molecule has 0 unspecified atom stereocenters. The maximum absolute atomic E-state index is 5.41. The highest BCUT2D eigenvalue weighted by Crippen LogP contribution is 2.43. The number of nitrogens with zero attached hydrogens (tertiary/aromatic N) is 5. The van der Waals surface area contributed by atoms with Gasteiger partial charge in [-0.1, -0.05) is 206 Å². The lowest BCUT2D eigenvalue weighted by Crippen LogP contribution is -2.75. The Labute approximate surface area is 401 Å². The Morgan fingerprint density at radius 2 is 0.812 bits per heavy atom. The number of hydrogen-bond donors (Lipinski definition) is 0. The van der Waals surface area contributed by atoms with Crippen LogP contribution in [0, 0.1) is 0 Å². The van der Waals surface area contributed by atoms with Gasteiger partial charge in [-0.05, 0) is 96.6 Å². The Bertz CT molecular complexity index is 3870. The van der Waals surface area contributed by atoms with Crippen LogP contribution in [0.1, 0.15) is 0 Å². The van der Waals surface area contributed by atoms with Gasteiger partial charge in [0.15, 0.2) is 19.7 Å². The van der Waals surface area contributed by atoms with E-state index >= 15 is 0 Å². The number of aromatic nitrogens is 4. The van der Waals surface area contributed by atoms with E-state index in [1.165, 1.54) is 59.3 Å². The van der Waals surface area contributed by atoms with Gasteiger partial charge in [-0.25, -0.2) is 4.98 Å². The van der Waals surface area contributed by atoms with E-state index < -0.39 is 8.07 Å². The predicted octanol–water partition coefficient (Wildman–Crippen LogP) is 12.8.